The second kappa shape index (κ2) is 10.4. The molecule has 2 amide bonds. The molecule has 0 saturated carbocycles. The Hall–Kier alpha value is -3.86. The van der Waals surface area contributed by atoms with E-state index >= 15 is 8.78 Å². The molecule has 2 aromatic carbocycles. The summed E-state index contributed by atoms with van der Waals surface area (Å²) in [6.07, 6.45) is 1.18. The van der Waals surface area contributed by atoms with Gasteiger partial charge in [0.05, 0.1) is 7.11 Å². The van der Waals surface area contributed by atoms with Gasteiger partial charge in [-0.25, -0.2) is 13.8 Å². The van der Waals surface area contributed by atoms with Crippen molar-refractivity contribution in [3.8, 4) is 11.6 Å². The number of amides is 2. The lowest BCUT2D eigenvalue weighted by Gasteiger charge is -2.20. The molecule has 36 heavy (non-hydrogen) atoms. The molecule has 1 aliphatic rings. The molecule has 1 N–H and O–H groups in total. The molecule has 1 aromatic heterocycles. The Kier molecular flexibility index (Phi) is 7.30. The van der Waals surface area contributed by atoms with E-state index in [4.69, 9.17) is 16.3 Å². The maximum absolute atomic E-state index is 15.0. The van der Waals surface area contributed by atoms with Gasteiger partial charge in [-0.1, -0.05) is 11.6 Å². The number of carbonyl (C=O) groups excluding carboxylic acids is 2. The molecule has 0 radical (unpaired) electrons. The second-order valence-electron chi connectivity index (χ2n) is 7.72. The van der Waals surface area contributed by atoms with Gasteiger partial charge in [-0.2, -0.15) is 8.78 Å². The normalized spacial score (nSPS) is 17.4. The number of aromatic nitrogens is 1. The number of benzene rings is 2. The van der Waals surface area contributed by atoms with Crippen LogP contribution >= 0.6 is 11.6 Å². The van der Waals surface area contributed by atoms with Crippen molar-refractivity contribution in [2.24, 2.45) is 0 Å². The molecule has 188 valence electrons. The van der Waals surface area contributed by atoms with Crippen LogP contribution in [0.15, 0.2) is 54.7 Å². The van der Waals surface area contributed by atoms with Gasteiger partial charge < -0.3 is 19.7 Å². The number of ether oxygens (including phenoxy) is 2. The van der Waals surface area contributed by atoms with Gasteiger partial charge in [0.25, 0.3) is 5.91 Å². The largest absolute Gasteiger partial charge is 0.497 e. The average molecular weight is 524 g/mol. The minimum absolute atomic E-state index is 0.0865. The van der Waals surface area contributed by atoms with Gasteiger partial charge in [-0.05, 0) is 36.4 Å². The predicted molar refractivity (Wildman–Crippen MR) is 122 cm³/mol. The Balaban J connectivity index is 1.76. The first-order valence-electron chi connectivity index (χ1n) is 10.5. The lowest BCUT2D eigenvalue weighted by molar-refractivity contribution is -0.118. The summed E-state index contributed by atoms with van der Waals surface area (Å²) < 4.78 is 65.2. The molecule has 2 atom stereocenters. The van der Waals surface area contributed by atoms with Crippen molar-refractivity contribution < 1.29 is 36.6 Å². The van der Waals surface area contributed by atoms with Gasteiger partial charge in [0.15, 0.2) is 0 Å². The first kappa shape index (κ1) is 25.2. The summed E-state index contributed by atoms with van der Waals surface area (Å²) >= 11 is 5.85. The molecule has 0 bridgehead atoms. The van der Waals surface area contributed by atoms with E-state index in [1.54, 1.807) is 0 Å². The Morgan fingerprint density at radius 3 is 2.44 bits per heavy atom. The van der Waals surface area contributed by atoms with E-state index in [0.717, 1.165) is 17.0 Å². The maximum atomic E-state index is 15.0. The summed E-state index contributed by atoms with van der Waals surface area (Å²) in [5, 5.41) is 2.88. The molecular formula is C24H18ClF4N3O4. The SMILES string of the molecule is COc1cc(F)c([C@@H]2CN(c3cccnc3OC(F)F)C(=O)C2NC(=O)c2ccc(Cl)cc2)c(F)c1. The number of anilines is 1. The zero-order valence-corrected chi connectivity index (χ0v) is 19.3. The van der Waals surface area contributed by atoms with Crippen molar-refractivity contribution in [1.82, 2.24) is 10.3 Å². The Morgan fingerprint density at radius 2 is 1.83 bits per heavy atom. The Morgan fingerprint density at radius 1 is 1.17 bits per heavy atom. The number of carbonyl (C=O) groups is 2. The van der Waals surface area contributed by atoms with E-state index in [1.807, 2.05) is 0 Å². The summed E-state index contributed by atoms with van der Waals surface area (Å²) in [4.78, 5) is 31.1. The molecule has 1 aliphatic heterocycles. The number of hydrogen-bond acceptors (Lipinski definition) is 5. The van der Waals surface area contributed by atoms with E-state index in [2.05, 4.69) is 15.0 Å². The van der Waals surface area contributed by atoms with Gasteiger partial charge in [0.2, 0.25) is 11.8 Å². The number of pyridine rings is 1. The zero-order chi connectivity index (χ0) is 26.0. The van der Waals surface area contributed by atoms with Crippen LogP contribution in [0.1, 0.15) is 21.8 Å². The van der Waals surface area contributed by atoms with Crippen LogP contribution in [0.5, 0.6) is 11.6 Å². The number of hydrogen-bond donors (Lipinski definition) is 1. The summed E-state index contributed by atoms with van der Waals surface area (Å²) in [5.41, 5.74) is -0.484. The van der Waals surface area contributed by atoms with E-state index in [-0.39, 0.29) is 23.5 Å². The third-order valence-electron chi connectivity index (χ3n) is 5.61. The van der Waals surface area contributed by atoms with Crippen LogP contribution in [-0.4, -0.2) is 43.1 Å². The third kappa shape index (κ3) is 5.06. The van der Waals surface area contributed by atoms with E-state index in [1.165, 1.54) is 49.7 Å². The minimum atomic E-state index is -3.23. The molecule has 0 aliphatic carbocycles. The molecule has 2 heterocycles. The van der Waals surface area contributed by atoms with Crippen molar-refractivity contribution in [3.63, 3.8) is 0 Å². The minimum Gasteiger partial charge on any atom is -0.497 e. The van der Waals surface area contributed by atoms with Gasteiger partial charge in [-0.3, -0.25) is 9.59 Å². The van der Waals surface area contributed by atoms with Gasteiger partial charge in [-0.15, -0.1) is 0 Å². The predicted octanol–water partition coefficient (Wildman–Crippen LogP) is 4.55. The number of alkyl halides is 2. The molecule has 7 nitrogen and oxygen atoms in total. The van der Waals surface area contributed by atoms with Crippen LogP contribution in [0.2, 0.25) is 5.02 Å². The summed E-state index contributed by atoms with van der Waals surface area (Å²) in [5.74, 6) is -5.40. The van der Waals surface area contributed by atoms with E-state index < -0.39 is 53.5 Å². The molecule has 0 spiro atoms. The van der Waals surface area contributed by atoms with Gasteiger partial charge in [0.1, 0.15) is 29.1 Å². The fourth-order valence-electron chi connectivity index (χ4n) is 3.99. The number of rotatable bonds is 7. The molecule has 1 unspecified atom stereocenters. The lowest BCUT2D eigenvalue weighted by atomic mass is 9.92. The summed E-state index contributed by atoms with van der Waals surface area (Å²) in [6, 6.07) is 8.85. The summed E-state index contributed by atoms with van der Waals surface area (Å²) in [6.45, 7) is -3.60. The maximum Gasteiger partial charge on any atom is 0.388 e. The zero-order valence-electron chi connectivity index (χ0n) is 18.6. The van der Waals surface area contributed by atoms with Crippen molar-refractivity contribution in [1.29, 1.82) is 0 Å². The van der Waals surface area contributed by atoms with Crippen molar-refractivity contribution in [2.75, 3.05) is 18.6 Å². The highest BCUT2D eigenvalue weighted by Crippen LogP contribution is 2.39. The quantitative estimate of drug-likeness (QED) is 0.460. The smallest absolute Gasteiger partial charge is 0.388 e. The van der Waals surface area contributed by atoms with Gasteiger partial charge >= 0.3 is 6.61 Å². The fraction of sp³-hybridized carbons (Fsp3) is 0.208. The van der Waals surface area contributed by atoms with Crippen molar-refractivity contribution in [3.05, 3.63) is 82.5 Å². The fourth-order valence-corrected chi connectivity index (χ4v) is 4.12. The highest BCUT2D eigenvalue weighted by molar-refractivity contribution is 6.30. The van der Waals surface area contributed by atoms with Crippen molar-refractivity contribution >= 4 is 29.1 Å². The molecule has 3 aromatic rings. The molecule has 1 fully saturated rings. The highest BCUT2D eigenvalue weighted by Gasteiger charge is 2.46. The second-order valence-corrected chi connectivity index (χ2v) is 8.16. The third-order valence-corrected chi connectivity index (χ3v) is 5.86. The number of nitrogens with zero attached hydrogens (tertiary/aromatic N) is 2. The number of nitrogens with one attached hydrogen (secondary N) is 1. The van der Waals surface area contributed by atoms with Crippen LogP contribution < -0.4 is 19.7 Å². The summed E-state index contributed by atoms with van der Waals surface area (Å²) in [7, 11) is 1.23. The molecule has 12 heteroatoms. The van der Waals surface area contributed by atoms with E-state index in [9.17, 15) is 18.4 Å². The average Bonchev–Trinajstić information content (AvgIpc) is 3.14. The Bertz CT molecular complexity index is 1270. The highest BCUT2D eigenvalue weighted by atomic mass is 35.5. The first-order valence-corrected chi connectivity index (χ1v) is 10.9. The van der Waals surface area contributed by atoms with Crippen LogP contribution in [0.3, 0.4) is 0 Å². The van der Waals surface area contributed by atoms with Crippen LogP contribution in [0, 0.1) is 11.6 Å². The molecule has 1 saturated heterocycles. The first-order chi connectivity index (χ1) is 17.2. The number of halogens is 5. The standard InChI is InChI=1S/C24H18ClF4N3O4/c1-35-14-9-16(26)19(17(27)10-14)15-11-32(18-3-2-8-30-22(18)36-24(28)29)23(34)20(15)31-21(33)12-4-6-13(25)7-5-12/h2-10,15,20,24H,11H2,1H3,(H,31,33)/t15-,20?/m0/s1. The molecule has 4 rings (SSSR count). The van der Waals surface area contributed by atoms with Crippen LogP contribution in [0.25, 0.3) is 0 Å². The Labute approximate surface area is 207 Å². The molecular weight excluding hydrogens is 506 g/mol. The monoisotopic (exact) mass is 523 g/mol. The topological polar surface area (TPSA) is 80.8 Å². The van der Waals surface area contributed by atoms with Crippen LogP contribution in [0.4, 0.5) is 23.2 Å². The van der Waals surface area contributed by atoms with E-state index in [0.29, 0.717) is 5.02 Å². The van der Waals surface area contributed by atoms with Crippen LogP contribution in [-0.2, 0) is 4.79 Å². The number of methoxy groups -OCH3 is 1. The van der Waals surface area contributed by atoms with Gasteiger partial charge in [0, 0.05) is 46.9 Å². The lowest BCUT2D eigenvalue weighted by Crippen LogP contribution is -2.44. The van der Waals surface area contributed by atoms with Crippen molar-refractivity contribution in [2.45, 2.75) is 18.6 Å².